The van der Waals surface area contributed by atoms with Crippen molar-refractivity contribution in [2.45, 2.75) is 58.5 Å². The van der Waals surface area contributed by atoms with Crippen LogP contribution in [0.1, 0.15) is 56.1 Å². The summed E-state index contributed by atoms with van der Waals surface area (Å²) in [6.07, 6.45) is 5.41. The highest BCUT2D eigenvalue weighted by molar-refractivity contribution is 7.89. The van der Waals surface area contributed by atoms with Crippen molar-refractivity contribution in [1.29, 1.82) is 0 Å². The second-order valence-corrected chi connectivity index (χ2v) is 8.56. The minimum Gasteiger partial charge on any atom is -0.466 e. The Morgan fingerprint density at radius 1 is 1.32 bits per heavy atom. The molecule has 6 heteroatoms. The van der Waals surface area contributed by atoms with Gasteiger partial charge in [-0.25, -0.2) is 13.1 Å². The number of rotatable bonds is 6. The Labute approximate surface area is 133 Å². The zero-order chi connectivity index (χ0) is 16.4. The predicted molar refractivity (Wildman–Crippen MR) is 86.1 cm³/mol. The lowest BCUT2D eigenvalue weighted by Crippen LogP contribution is -2.40. The van der Waals surface area contributed by atoms with Gasteiger partial charge in [0.25, 0.3) is 0 Å². The van der Waals surface area contributed by atoms with Crippen molar-refractivity contribution in [3.05, 3.63) is 23.2 Å². The van der Waals surface area contributed by atoms with Gasteiger partial charge in [0, 0.05) is 12.1 Å². The average Bonchev–Trinajstić information content (AvgIpc) is 2.77. The van der Waals surface area contributed by atoms with Crippen LogP contribution in [0.15, 0.2) is 10.5 Å². The van der Waals surface area contributed by atoms with E-state index in [1.807, 2.05) is 0 Å². The zero-order valence-corrected chi connectivity index (χ0v) is 14.5. The van der Waals surface area contributed by atoms with Crippen LogP contribution in [0.4, 0.5) is 0 Å². The molecule has 1 aromatic rings. The third-order valence-corrected chi connectivity index (χ3v) is 5.93. The maximum absolute atomic E-state index is 12.2. The van der Waals surface area contributed by atoms with Gasteiger partial charge in [-0.1, -0.05) is 19.3 Å². The molecule has 22 heavy (non-hydrogen) atoms. The normalized spacial score (nSPS) is 20.0. The van der Waals surface area contributed by atoms with Crippen LogP contribution in [0.3, 0.4) is 0 Å². The predicted octanol–water partition coefficient (Wildman–Crippen LogP) is 2.60. The van der Waals surface area contributed by atoms with E-state index in [4.69, 9.17) is 4.42 Å². The molecule has 1 fully saturated rings. The Kier molecular flexibility index (Phi) is 5.35. The zero-order valence-electron chi connectivity index (χ0n) is 13.7. The van der Waals surface area contributed by atoms with Gasteiger partial charge in [-0.3, -0.25) is 0 Å². The molecular weight excluding hydrogens is 302 g/mol. The van der Waals surface area contributed by atoms with Crippen LogP contribution in [0.5, 0.6) is 0 Å². The van der Waals surface area contributed by atoms with E-state index in [1.165, 1.54) is 6.42 Å². The Bertz CT molecular complexity index is 598. The fourth-order valence-corrected chi connectivity index (χ4v) is 4.81. The lowest BCUT2D eigenvalue weighted by atomic mass is 9.91. The molecule has 126 valence electrons. The minimum absolute atomic E-state index is 0.0398. The summed E-state index contributed by atoms with van der Waals surface area (Å²) in [4.78, 5) is 0. The van der Waals surface area contributed by atoms with Gasteiger partial charge in [0.05, 0.1) is 5.75 Å². The first-order valence-electron chi connectivity index (χ1n) is 7.97. The molecule has 1 atom stereocenters. The van der Waals surface area contributed by atoms with Gasteiger partial charge in [0.2, 0.25) is 10.0 Å². The standard InChI is InChI=1S/C16H27NO4S/c1-12-9-15(13(2)21-12)16(3,18)11-17-22(19,20)10-14-7-5-4-6-8-14/h9,14,17-18H,4-8,10-11H2,1-3H3. The molecule has 0 radical (unpaired) electrons. The van der Waals surface area contributed by atoms with E-state index < -0.39 is 15.6 Å². The van der Waals surface area contributed by atoms with Gasteiger partial charge in [0.1, 0.15) is 17.1 Å². The molecule has 5 nitrogen and oxygen atoms in total. The number of sulfonamides is 1. The van der Waals surface area contributed by atoms with Gasteiger partial charge < -0.3 is 9.52 Å². The van der Waals surface area contributed by atoms with Crippen molar-refractivity contribution in [3.8, 4) is 0 Å². The van der Waals surface area contributed by atoms with Crippen molar-refractivity contribution in [1.82, 2.24) is 4.72 Å². The average molecular weight is 329 g/mol. The summed E-state index contributed by atoms with van der Waals surface area (Å²) in [6, 6.07) is 1.75. The highest BCUT2D eigenvalue weighted by Gasteiger charge is 2.30. The first-order valence-corrected chi connectivity index (χ1v) is 9.62. The number of nitrogens with one attached hydrogen (secondary N) is 1. The number of aryl methyl sites for hydroxylation is 2. The van der Waals surface area contributed by atoms with Crippen molar-refractivity contribution in [3.63, 3.8) is 0 Å². The molecule has 1 aliphatic rings. The summed E-state index contributed by atoms with van der Waals surface area (Å²) < 4.78 is 32.4. The van der Waals surface area contributed by atoms with E-state index in [9.17, 15) is 13.5 Å². The summed E-state index contributed by atoms with van der Waals surface area (Å²) in [5.74, 6) is 1.73. The van der Waals surface area contributed by atoms with Gasteiger partial charge in [-0.15, -0.1) is 0 Å². The summed E-state index contributed by atoms with van der Waals surface area (Å²) in [7, 11) is -3.37. The van der Waals surface area contributed by atoms with Crippen LogP contribution in [-0.2, 0) is 15.6 Å². The Hall–Kier alpha value is -0.850. The smallest absolute Gasteiger partial charge is 0.211 e. The summed E-state index contributed by atoms with van der Waals surface area (Å²) in [5.41, 5.74) is -0.646. The monoisotopic (exact) mass is 329 g/mol. The molecular formula is C16H27NO4S. The second-order valence-electron chi connectivity index (χ2n) is 6.71. The van der Waals surface area contributed by atoms with E-state index >= 15 is 0 Å². The van der Waals surface area contributed by atoms with E-state index in [-0.39, 0.29) is 18.2 Å². The van der Waals surface area contributed by atoms with E-state index in [0.29, 0.717) is 17.1 Å². The van der Waals surface area contributed by atoms with E-state index in [1.54, 1.807) is 26.8 Å². The number of hydrogen-bond donors (Lipinski definition) is 2. The molecule has 0 bridgehead atoms. The third-order valence-electron chi connectivity index (χ3n) is 4.44. The van der Waals surface area contributed by atoms with E-state index in [0.717, 1.165) is 25.7 Å². The Morgan fingerprint density at radius 2 is 1.95 bits per heavy atom. The lowest BCUT2D eigenvalue weighted by Gasteiger charge is -2.25. The molecule has 1 aromatic heterocycles. The maximum Gasteiger partial charge on any atom is 0.211 e. The first-order chi connectivity index (χ1) is 10.2. The quantitative estimate of drug-likeness (QED) is 0.841. The largest absolute Gasteiger partial charge is 0.466 e. The van der Waals surface area contributed by atoms with Gasteiger partial charge >= 0.3 is 0 Å². The highest BCUT2D eigenvalue weighted by Crippen LogP contribution is 2.27. The Balaban J connectivity index is 1.96. The molecule has 0 saturated heterocycles. The van der Waals surface area contributed by atoms with Gasteiger partial charge in [-0.2, -0.15) is 0 Å². The van der Waals surface area contributed by atoms with Crippen LogP contribution in [0, 0.1) is 19.8 Å². The summed E-state index contributed by atoms with van der Waals surface area (Å²) >= 11 is 0. The third kappa shape index (κ3) is 4.57. The molecule has 2 N–H and O–H groups in total. The fourth-order valence-electron chi connectivity index (χ4n) is 3.23. The van der Waals surface area contributed by atoms with Crippen molar-refractivity contribution < 1.29 is 17.9 Å². The highest BCUT2D eigenvalue weighted by atomic mass is 32.2. The van der Waals surface area contributed by atoms with Crippen molar-refractivity contribution >= 4 is 10.0 Å². The molecule has 0 aromatic carbocycles. The van der Waals surface area contributed by atoms with Crippen LogP contribution >= 0.6 is 0 Å². The molecule has 1 saturated carbocycles. The number of aliphatic hydroxyl groups is 1. The molecule has 1 unspecified atom stereocenters. The minimum atomic E-state index is -3.37. The molecule has 1 heterocycles. The molecule has 0 amide bonds. The molecule has 2 rings (SSSR count). The fraction of sp³-hybridized carbons (Fsp3) is 0.750. The maximum atomic E-state index is 12.2. The molecule has 0 aliphatic heterocycles. The Morgan fingerprint density at radius 3 is 2.50 bits per heavy atom. The molecule has 0 spiro atoms. The lowest BCUT2D eigenvalue weighted by molar-refractivity contribution is 0.0612. The number of hydrogen-bond acceptors (Lipinski definition) is 4. The van der Waals surface area contributed by atoms with Crippen LogP contribution < -0.4 is 4.72 Å². The topological polar surface area (TPSA) is 79.5 Å². The van der Waals surface area contributed by atoms with Crippen molar-refractivity contribution in [2.24, 2.45) is 5.92 Å². The molecule has 1 aliphatic carbocycles. The van der Waals surface area contributed by atoms with Crippen LogP contribution in [0.2, 0.25) is 0 Å². The SMILES string of the molecule is Cc1cc(C(C)(O)CNS(=O)(=O)CC2CCCCC2)c(C)o1. The number of furan rings is 1. The van der Waals surface area contributed by atoms with Gasteiger partial charge in [-0.05, 0) is 45.6 Å². The summed E-state index contributed by atoms with van der Waals surface area (Å²) in [5, 5.41) is 10.6. The summed E-state index contributed by atoms with van der Waals surface area (Å²) in [6.45, 7) is 5.14. The first kappa shape index (κ1) is 17.5. The van der Waals surface area contributed by atoms with Crippen LogP contribution in [0.25, 0.3) is 0 Å². The van der Waals surface area contributed by atoms with Crippen molar-refractivity contribution in [2.75, 3.05) is 12.3 Å². The van der Waals surface area contributed by atoms with Crippen LogP contribution in [-0.4, -0.2) is 25.8 Å². The van der Waals surface area contributed by atoms with E-state index in [2.05, 4.69) is 4.72 Å². The second kappa shape index (κ2) is 6.72. The van der Waals surface area contributed by atoms with Gasteiger partial charge in [0.15, 0.2) is 0 Å².